The van der Waals surface area contributed by atoms with Gasteiger partial charge in [0.1, 0.15) is 0 Å². The van der Waals surface area contributed by atoms with Gasteiger partial charge < -0.3 is 19.9 Å². The molecule has 0 heterocycles. The minimum absolute atomic E-state index is 0.0210. The first kappa shape index (κ1) is 15.6. The van der Waals surface area contributed by atoms with E-state index >= 15 is 0 Å². The smallest absolute Gasteiger partial charge is 0.203 e. The minimum Gasteiger partial charge on any atom is -0.493 e. The Labute approximate surface area is 115 Å². The molecule has 1 unspecified atom stereocenters. The standard InChI is InChI=1S/C15H25NO3/c1-7-15(2,3)14(16)10-8-9-11(17-4)13(19-6)12(10)18-5/h8-9,14H,7,16H2,1-6H3. The van der Waals surface area contributed by atoms with Gasteiger partial charge in [-0.2, -0.15) is 0 Å². The molecule has 0 fully saturated rings. The van der Waals surface area contributed by atoms with Gasteiger partial charge in [-0.15, -0.1) is 0 Å². The van der Waals surface area contributed by atoms with Crippen molar-refractivity contribution in [2.45, 2.75) is 33.2 Å². The molecule has 0 aromatic heterocycles. The van der Waals surface area contributed by atoms with Gasteiger partial charge in [-0.3, -0.25) is 0 Å². The van der Waals surface area contributed by atoms with Crippen LogP contribution in [0.4, 0.5) is 0 Å². The fourth-order valence-electron chi connectivity index (χ4n) is 2.01. The van der Waals surface area contributed by atoms with Gasteiger partial charge >= 0.3 is 0 Å². The molecule has 1 aromatic rings. The van der Waals surface area contributed by atoms with Gasteiger partial charge in [0.2, 0.25) is 5.75 Å². The molecule has 1 aromatic carbocycles. The van der Waals surface area contributed by atoms with Crippen LogP contribution in [0.1, 0.15) is 38.8 Å². The topological polar surface area (TPSA) is 53.7 Å². The van der Waals surface area contributed by atoms with Crippen LogP contribution in [0.2, 0.25) is 0 Å². The number of methoxy groups -OCH3 is 3. The number of rotatable bonds is 6. The lowest BCUT2D eigenvalue weighted by molar-refractivity contribution is 0.265. The van der Waals surface area contributed by atoms with Gasteiger partial charge in [0, 0.05) is 11.6 Å². The van der Waals surface area contributed by atoms with Crippen LogP contribution in [-0.4, -0.2) is 21.3 Å². The van der Waals surface area contributed by atoms with Crippen LogP contribution in [0.15, 0.2) is 12.1 Å². The monoisotopic (exact) mass is 267 g/mol. The SMILES string of the molecule is CCC(C)(C)C(N)c1ccc(OC)c(OC)c1OC. The second-order valence-corrected chi connectivity index (χ2v) is 5.24. The Morgan fingerprint density at radius 2 is 1.63 bits per heavy atom. The zero-order chi connectivity index (χ0) is 14.6. The maximum atomic E-state index is 6.40. The van der Waals surface area contributed by atoms with E-state index in [0.29, 0.717) is 17.2 Å². The van der Waals surface area contributed by atoms with Crippen molar-refractivity contribution < 1.29 is 14.2 Å². The molecule has 0 aliphatic carbocycles. The molecule has 0 amide bonds. The quantitative estimate of drug-likeness (QED) is 0.860. The van der Waals surface area contributed by atoms with Crippen molar-refractivity contribution in [1.82, 2.24) is 0 Å². The minimum atomic E-state index is -0.132. The molecule has 0 saturated heterocycles. The highest BCUT2D eigenvalue weighted by atomic mass is 16.5. The first-order valence-corrected chi connectivity index (χ1v) is 6.47. The van der Waals surface area contributed by atoms with Crippen LogP contribution in [0.5, 0.6) is 17.2 Å². The summed E-state index contributed by atoms with van der Waals surface area (Å²) in [5.41, 5.74) is 7.31. The van der Waals surface area contributed by atoms with E-state index in [2.05, 4.69) is 20.8 Å². The van der Waals surface area contributed by atoms with Gasteiger partial charge in [0.05, 0.1) is 21.3 Å². The Morgan fingerprint density at radius 3 is 2.05 bits per heavy atom. The lowest BCUT2D eigenvalue weighted by atomic mass is 9.78. The summed E-state index contributed by atoms with van der Waals surface area (Å²) in [6, 6.07) is 3.68. The maximum Gasteiger partial charge on any atom is 0.203 e. The molecule has 0 radical (unpaired) electrons. The molecule has 2 N–H and O–H groups in total. The zero-order valence-electron chi connectivity index (χ0n) is 12.7. The van der Waals surface area contributed by atoms with E-state index in [9.17, 15) is 0 Å². The Morgan fingerprint density at radius 1 is 1.05 bits per heavy atom. The normalized spacial score (nSPS) is 13.0. The molecule has 0 aliphatic rings. The molecule has 0 saturated carbocycles. The molecular weight excluding hydrogens is 242 g/mol. The molecule has 1 atom stereocenters. The Balaban J connectivity index is 3.36. The van der Waals surface area contributed by atoms with Crippen molar-refractivity contribution in [3.63, 3.8) is 0 Å². The van der Waals surface area contributed by atoms with Gasteiger partial charge in [-0.1, -0.05) is 20.8 Å². The fraction of sp³-hybridized carbons (Fsp3) is 0.600. The summed E-state index contributed by atoms with van der Waals surface area (Å²) >= 11 is 0. The molecule has 108 valence electrons. The Kier molecular flexibility index (Phi) is 5.06. The van der Waals surface area contributed by atoms with E-state index < -0.39 is 0 Å². The fourth-order valence-corrected chi connectivity index (χ4v) is 2.01. The van der Waals surface area contributed by atoms with Gasteiger partial charge in [0.15, 0.2) is 11.5 Å². The average molecular weight is 267 g/mol. The second kappa shape index (κ2) is 6.15. The van der Waals surface area contributed by atoms with E-state index in [4.69, 9.17) is 19.9 Å². The van der Waals surface area contributed by atoms with E-state index in [1.165, 1.54) is 0 Å². The van der Waals surface area contributed by atoms with Gasteiger partial charge in [-0.05, 0) is 24.0 Å². The first-order chi connectivity index (χ1) is 8.92. The Hall–Kier alpha value is -1.42. The van der Waals surface area contributed by atoms with Crippen LogP contribution in [0, 0.1) is 5.41 Å². The van der Waals surface area contributed by atoms with E-state index in [0.717, 1.165) is 12.0 Å². The number of hydrogen-bond donors (Lipinski definition) is 1. The molecule has 0 bridgehead atoms. The summed E-state index contributed by atoms with van der Waals surface area (Å²) in [7, 11) is 4.82. The van der Waals surface area contributed by atoms with Crippen molar-refractivity contribution in [3.8, 4) is 17.2 Å². The number of hydrogen-bond acceptors (Lipinski definition) is 4. The predicted molar refractivity (Wildman–Crippen MR) is 77.1 cm³/mol. The van der Waals surface area contributed by atoms with Gasteiger partial charge in [0.25, 0.3) is 0 Å². The summed E-state index contributed by atoms with van der Waals surface area (Å²) in [5, 5.41) is 0. The molecule has 0 aliphatic heterocycles. The third-order valence-corrected chi connectivity index (χ3v) is 3.82. The van der Waals surface area contributed by atoms with Crippen molar-refractivity contribution in [3.05, 3.63) is 17.7 Å². The highest BCUT2D eigenvalue weighted by Gasteiger charge is 2.30. The highest BCUT2D eigenvalue weighted by molar-refractivity contribution is 5.56. The maximum absolute atomic E-state index is 6.40. The predicted octanol–water partition coefficient (Wildman–Crippen LogP) is 3.15. The van der Waals surface area contributed by atoms with Crippen LogP contribution < -0.4 is 19.9 Å². The van der Waals surface area contributed by atoms with Crippen molar-refractivity contribution in [1.29, 1.82) is 0 Å². The third kappa shape index (κ3) is 2.95. The molecule has 0 spiro atoms. The third-order valence-electron chi connectivity index (χ3n) is 3.82. The summed E-state index contributed by atoms with van der Waals surface area (Å²) in [5.74, 6) is 1.88. The largest absolute Gasteiger partial charge is 0.493 e. The van der Waals surface area contributed by atoms with Crippen LogP contribution >= 0.6 is 0 Å². The van der Waals surface area contributed by atoms with E-state index in [1.54, 1.807) is 21.3 Å². The molecule has 4 nitrogen and oxygen atoms in total. The number of benzene rings is 1. The molecule has 4 heteroatoms. The summed E-state index contributed by atoms with van der Waals surface area (Å²) in [4.78, 5) is 0. The van der Waals surface area contributed by atoms with E-state index in [1.807, 2.05) is 12.1 Å². The molecular formula is C15H25NO3. The van der Waals surface area contributed by atoms with E-state index in [-0.39, 0.29) is 11.5 Å². The van der Waals surface area contributed by atoms with Crippen LogP contribution in [0.25, 0.3) is 0 Å². The van der Waals surface area contributed by atoms with Crippen LogP contribution in [-0.2, 0) is 0 Å². The highest BCUT2D eigenvalue weighted by Crippen LogP contribution is 2.45. The first-order valence-electron chi connectivity index (χ1n) is 6.47. The lowest BCUT2D eigenvalue weighted by Crippen LogP contribution is -2.29. The van der Waals surface area contributed by atoms with Crippen LogP contribution in [0.3, 0.4) is 0 Å². The summed E-state index contributed by atoms with van der Waals surface area (Å²) in [6.07, 6.45) is 0.978. The summed E-state index contributed by atoms with van der Waals surface area (Å²) in [6.45, 7) is 6.43. The van der Waals surface area contributed by atoms with Crippen molar-refractivity contribution >= 4 is 0 Å². The zero-order valence-corrected chi connectivity index (χ0v) is 12.7. The lowest BCUT2D eigenvalue weighted by Gasteiger charge is -2.32. The second-order valence-electron chi connectivity index (χ2n) is 5.24. The van der Waals surface area contributed by atoms with Crippen molar-refractivity contribution in [2.75, 3.05) is 21.3 Å². The van der Waals surface area contributed by atoms with Gasteiger partial charge in [-0.25, -0.2) is 0 Å². The number of nitrogens with two attached hydrogens (primary N) is 1. The molecule has 1 rings (SSSR count). The molecule has 19 heavy (non-hydrogen) atoms. The van der Waals surface area contributed by atoms with Crippen molar-refractivity contribution in [2.24, 2.45) is 11.1 Å². The Bertz CT molecular complexity index is 430. The summed E-state index contributed by atoms with van der Waals surface area (Å²) < 4.78 is 16.2. The average Bonchev–Trinajstić information content (AvgIpc) is 2.44. The number of ether oxygens (including phenoxy) is 3.